The third-order valence-electron chi connectivity index (χ3n) is 4.11. The Kier molecular flexibility index (Phi) is 3.11. The van der Waals surface area contributed by atoms with E-state index in [0.29, 0.717) is 19.1 Å². The maximum Gasteiger partial charge on any atom is 0.320 e. The molecule has 3 heterocycles. The van der Waals surface area contributed by atoms with Crippen molar-refractivity contribution in [3.05, 3.63) is 0 Å². The van der Waals surface area contributed by atoms with Crippen LogP contribution in [0.2, 0.25) is 0 Å². The summed E-state index contributed by atoms with van der Waals surface area (Å²) < 4.78 is 0. The fraction of sp³-hybridized carbons (Fsp3) is 0.833. The van der Waals surface area contributed by atoms with Gasteiger partial charge < -0.3 is 20.0 Å². The Balaban J connectivity index is 1.56. The first-order valence-electron chi connectivity index (χ1n) is 6.80. The molecule has 6 heteroatoms. The first kappa shape index (κ1) is 11.8. The van der Waals surface area contributed by atoms with Gasteiger partial charge in [-0.25, -0.2) is 4.79 Å². The van der Waals surface area contributed by atoms with E-state index in [1.54, 1.807) is 4.90 Å². The number of carbonyl (C=O) groups is 2. The molecule has 3 fully saturated rings. The number of amides is 3. The highest BCUT2D eigenvalue weighted by Gasteiger charge is 2.35. The fourth-order valence-electron chi connectivity index (χ4n) is 2.84. The summed E-state index contributed by atoms with van der Waals surface area (Å²) in [5, 5.41) is 3.18. The van der Waals surface area contributed by atoms with Crippen LogP contribution in [-0.2, 0) is 4.79 Å². The van der Waals surface area contributed by atoms with Crippen molar-refractivity contribution in [1.82, 2.24) is 20.0 Å². The molecule has 6 nitrogen and oxygen atoms in total. The molecule has 100 valence electrons. The van der Waals surface area contributed by atoms with Crippen molar-refractivity contribution < 1.29 is 9.59 Å². The number of nitrogens with one attached hydrogen (secondary N) is 1. The second-order valence-corrected chi connectivity index (χ2v) is 5.30. The molecule has 0 saturated carbocycles. The van der Waals surface area contributed by atoms with E-state index in [1.807, 2.05) is 9.80 Å². The number of hydrogen-bond donors (Lipinski definition) is 1. The Morgan fingerprint density at radius 2 is 1.78 bits per heavy atom. The molecule has 0 aromatic carbocycles. The minimum Gasteiger partial charge on any atom is -0.334 e. The molecule has 1 N–H and O–H groups in total. The quantitative estimate of drug-likeness (QED) is 0.672. The van der Waals surface area contributed by atoms with Crippen LogP contribution in [0, 0.1) is 0 Å². The maximum atomic E-state index is 12.2. The van der Waals surface area contributed by atoms with Gasteiger partial charge in [-0.3, -0.25) is 4.79 Å². The fourth-order valence-corrected chi connectivity index (χ4v) is 2.84. The molecule has 3 aliphatic heterocycles. The summed E-state index contributed by atoms with van der Waals surface area (Å²) in [6.07, 6.45) is 2.18. The van der Waals surface area contributed by atoms with E-state index in [1.165, 1.54) is 0 Å². The second-order valence-electron chi connectivity index (χ2n) is 5.30. The molecule has 0 unspecified atom stereocenters. The lowest BCUT2D eigenvalue weighted by molar-refractivity contribution is -0.138. The molecule has 3 saturated heterocycles. The average Bonchev–Trinajstić information content (AvgIpc) is 2.82. The second kappa shape index (κ2) is 4.76. The summed E-state index contributed by atoms with van der Waals surface area (Å²) in [5.74, 6) is 0.0975. The molecular formula is C12H20N4O2. The van der Waals surface area contributed by atoms with Crippen LogP contribution < -0.4 is 5.32 Å². The van der Waals surface area contributed by atoms with Gasteiger partial charge in [-0.05, 0) is 12.8 Å². The first-order chi connectivity index (χ1) is 8.75. The number of carbonyl (C=O) groups excluding carboxylic acids is 2. The van der Waals surface area contributed by atoms with Gasteiger partial charge in [0.2, 0.25) is 5.91 Å². The molecule has 0 atom stereocenters. The summed E-state index contributed by atoms with van der Waals surface area (Å²) in [6.45, 7) is 5.10. The third-order valence-corrected chi connectivity index (χ3v) is 4.11. The largest absolute Gasteiger partial charge is 0.334 e. The van der Waals surface area contributed by atoms with Crippen LogP contribution in [0.15, 0.2) is 0 Å². The number of hydrogen-bond acceptors (Lipinski definition) is 3. The Morgan fingerprint density at radius 3 is 2.33 bits per heavy atom. The van der Waals surface area contributed by atoms with Crippen molar-refractivity contribution in [2.75, 3.05) is 45.8 Å². The zero-order valence-corrected chi connectivity index (χ0v) is 10.6. The van der Waals surface area contributed by atoms with E-state index in [2.05, 4.69) is 5.32 Å². The van der Waals surface area contributed by atoms with E-state index in [-0.39, 0.29) is 18.5 Å². The van der Waals surface area contributed by atoms with Crippen LogP contribution in [0.1, 0.15) is 12.8 Å². The standard InChI is InChI=1S/C12H20N4O2/c17-11-9-15(12(18)14-3-1-2-4-14)5-6-16(11)10-7-13-8-10/h10,13H,1-9H2. The average molecular weight is 252 g/mol. The smallest absolute Gasteiger partial charge is 0.320 e. The Hall–Kier alpha value is -1.30. The minimum absolute atomic E-state index is 0.0484. The van der Waals surface area contributed by atoms with Crippen LogP contribution in [0.4, 0.5) is 4.79 Å². The monoisotopic (exact) mass is 252 g/mol. The van der Waals surface area contributed by atoms with Crippen LogP contribution in [0.5, 0.6) is 0 Å². The SMILES string of the molecule is O=C(N1CCCC1)N1CCN(C2CNC2)C(=O)C1. The van der Waals surface area contributed by atoms with Crippen molar-refractivity contribution >= 4 is 11.9 Å². The highest BCUT2D eigenvalue weighted by Crippen LogP contribution is 2.15. The van der Waals surface area contributed by atoms with Gasteiger partial charge >= 0.3 is 6.03 Å². The van der Waals surface area contributed by atoms with E-state index in [9.17, 15) is 9.59 Å². The summed E-state index contributed by atoms with van der Waals surface area (Å²) >= 11 is 0. The van der Waals surface area contributed by atoms with Crippen LogP contribution in [0.3, 0.4) is 0 Å². The number of nitrogens with zero attached hydrogens (tertiary/aromatic N) is 3. The van der Waals surface area contributed by atoms with E-state index >= 15 is 0 Å². The predicted octanol–water partition coefficient (Wildman–Crippen LogP) is -0.682. The van der Waals surface area contributed by atoms with Gasteiger partial charge in [-0.1, -0.05) is 0 Å². The lowest BCUT2D eigenvalue weighted by Gasteiger charge is -2.43. The molecule has 0 aromatic rings. The lowest BCUT2D eigenvalue weighted by atomic mass is 10.1. The molecule has 3 rings (SSSR count). The van der Waals surface area contributed by atoms with Crippen molar-refractivity contribution in [3.63, 3.8) is 0 Å². The molecule has 0 spiro atoms. The third kappa shape index (κ3) is 2.05. The number of piperazine rings is 1. The Morgan fingerprint density at radius 1 is 1.06 bits per heavy atom. The Labute approximate surface area is 107 Å². The zero-order chi connectivity index (χ0) is 12.5. The van der Waals surface area contributed by atoms with Gasteiger partial charge in [0.1, 0.15) is 6.54 Å². The van der Waals surface area contributed by atoms with Gasteiger partial charge in [0.05, 0.1) is 6.04 Å². The molecule has 0 radical (unpaired) electrons. The van der Waals surface area contributed by atoms with Gasteiger partial charge in [0.15, 0.2) is 0 Å². The molecule has 3 amide bonds. The molecule has 0 bridgehead atoms. The van der Waals surface area contributed by atoms with Crippen molar-refractivity contribution in [3.8, 4) is 0 Å². The van der Waals surface area contributed by atoms with Gasteiger partial charge in [-0.15, -0.1) is 0 Å². The van der Waals surface area contributed by atoms with Gasteiger partial charge in [0.25, 0.3) is 0 Å². The van der Waals surface area contributed by atoms with Crippen molar-refractivity contribution in [2.24, 2.45) is 0 Å². The van der Waals surface area contributed by atoms with E-state index in [4.69, 9.17) is 0 Å². The zero-order valence-electron chi connectivity index (χ0n) is 10.6. The first-order valence-corrected chi connectivity index (χ1v) is 6.80. The topological polar surface area (TPSA) is 55.9 Å². The normalized spacial score (nSPS) is 25.6. The van der Waals surface area contributed by atoms with Crippen molar-refractivity contribution in [2.45, 2.75) is 18.9 Å². The van der Waals surface area contributed by atoms with Crippen LogP contribution in [-0.4, -0.2) is 78.5 Å². The maximum absolute atomic E-state index is 12.2. The highest BCUT2D eigenvalue weighted by molar-refractivity contribution is 5.85. The lowest BCUT2D eigenvalue weighted by Crippen LogP contribution is -2.64. The summed E-state index contributed by atoms with van der Waals surface area (Å²) in [6, 6.07) is 0.397. The van der Waals surface area contributed by atoms with Crippen LogP contribution in [0.25, 0.3) is 0 Å². The number of likely N-dealkylation sites (tertiary alicyclic amines) is 1. The Bertz CT molecular complexity index is 350. The molecule has 0 aromatic heterocycles. The molecule has 18 heavy (non-hydrogen) atoms. The molecule has 3 aliphatic rings. The van der Waals surface area contributed by atoms with Gasteiger partial charge in [0, 0.05) is 39.3 Å². The molecular weight excluding hydrogens is 232 g/mol. The van der Waals surface area contributed by atoms with E-state index < -0.39 is 0 Å². The minimum atomic E-state index is 0.0484. The van der Waals surface area contributed by atoms with Crippen molar-refractivity contribution in [1.29, 1.82) is 0 Å². The van der Waals surface area contributed by atoms with Gasteiger partial charge in [-0.2, -0.15) is 0 Å². The van der Waals surface area contributed by atoms with E-state index in [0.717, 1.165) is 39.0 Å². The summed E-state index contributed by atoms with van der Waals surface area (Å²) in [7, 11) is 0. The molecule has 0 aliphatic carbocycles. The predicted molar refractivity (Wildman–Crippen MR) is 66.1 cm³/mol. The summed E-state index contributed by atoms with van der Waals surface area (Å²) in [4.78, 5) is 29.7. The number of urea groups is 1. The van der Waals surface area contributed by atoms with Crippen LogP contribution >= 0.6 is 0 Å². The summed E-state index contributed by atoms with van der Waals surface area (Å²) in [5.41, 5.74) is 0. The number of rotatable bonds is 1. The highest BCUT2D eigenvalue weighted by atomic mass is 16.2.